The van der Waals surface area contributed by atoms with Gasteiger partial charge in [0.2, 0.25) is 10.0 Å². The van der Waals surface area contributed by atoms with Crippen LogP contribution in [0.2, 0.25) is 0 Å². The zero-order valence-electron chi connectivity index (χ0n) is 9.18. The van der Waals surface area contributed by atoms with E-state index in [4.69, 9.17) is 0 Å². The first-order chi connectivity index (χ1) is 7.50. The molecule has 0 spiro atoms. The number of hydrogen-bond acceptors (Lipinski definition) is 3. The molecule has 0 N–H and O–H groups in total. The highest BCUT2D eigenvalue weighted by atomic mass is 79.9. The number of halogens is 1. The van der Waals surface area contributed by atoms with Gasteiger partial charge in [-0.2, -0.15) is 11.8 Å². The summed E-state index contributed by atoms with van der Waals surface area (Å²) < 4.78 is 26.3. The van der Waals surface area contributed by atoms with Crippen LogP contribution < -0.4 is 0 Å². The number of rotatable bonds is 5. The van der Waals surface area contributed by atoms with Crippen molar-refractivity contribution in [3.63, 3.8) is 0 Å². The van der Waals surface area contributed by atoms with Gasteiger partial charge in [-0.25, -0.2) is 12.7 Å². The van der Waals surface area contributed by atoms with Crippen molar-refractivity contribution >= 4 is 37.7 Å². The third-order valence-corrected chi connectivity index (χ3v) is 5.59. The fraction of sp³-hybridized carbons (Fsp3) is 0.400. The van der Waals surface area contributed by atoms with E-state index in [1.165, 1.54) is 4.31 Å². The van der Waals surface area contributed by atoms with Crippen LogP contribution in [0.5, 0.6) is 0 Å². The molecule has 1 aromatic carbocycles. The average molecular weight is 324 g/mol. The fourth-order valence-corrected chi connectivity index (χ4v) is 3.86. The van der Waals surface area contributed by atoms with Crippen molar-refractivity contribution in [3.05, 3.63) is 28.7 Å². The molecule has 1 aromatic rings. The molecule has 3 nitrogen and oxygen atoms in total. The normalized spacial score (nSPS) is 12.0. The number of hydrogen-bond donors (Lipinski definition) is 0. The van der Waals surface area contributed by atoms with Crippen molar-refractivity contribution in [2.75, 3.05) is 25.6 Å². The molecule has 0 heterocycles. The van der Waals surface area contributed by atoms with Crippen molar-refractivity contribution in [3.8, 4) is 0 Å². The zero-order valence-corrected chi connectivity index (χ0v) is 12.4. The van der Waals surface area contributed by atoms with Gasteiger partial charge in [0.25, 0.3) is 0 Å². The molecule has 0 radical (unpaired) electrons. The van der Waals surface area contributed by atoms with E-state index in [2.05, 4.69) is 15.9 Å². The molecule has 0 saturated carbocycles. The molecule has 0 bridgehead atoms. The number of nitrogens with zero attached hydrogens (tertiary/aromatic N) is 1. The van der Waals surface area contributed by atoms with Crippen molar-refractivity contribution < 1.29 is 8.42 Å². The molecule has 0 unspecified atom stereocenters. The molecule has 0 aliphatic rings. The smallest absolute Gasteiger partial charge is 0.207 e. The summed E-state index contributed by atoms with van der Waals surface area (Å²) in [5, 5.41) is 0. The van der Waals surface area contributed by atoms with Crippen molar-refractivity contribution in [1.82, 2.24) is 4.31 Å². The Morgan fingerprint density at radius 2 is 2.00 bits per heavy atom. The predicted molar refractivity (Wildman–Crippen MR) is 72.3 cm³/mol. The molecule has 0 saturated heterocycles. The van der Waals surface area contributed by atoms with E-state index in [1.54, 1.807) is 43.1 Å². The van der Waals surface area contributed by atoms with E-state index in [0.717, 1.165) is 5.75 Å². The zero-order chi connectivity index (χ0) is 12.2. The first kappa shape index (κ1) is 14.0. The first-order valence-electron chi connectivity index (χ1n) is 4.70. The van der Waals surface area contributed by atoms with Gasteiger partial charge in [0.05, 0.1) is 4.90 Å². The van der Waals surface area contributed by atoms with Crippen molar-refractivity contribution in [2.45, 2.75) is 4.90 Å². The van der Waals surface area contributed by atoms with Crippen LogP contribution in [0, 0.1) is 0 Å². The highest BCUT2D eigenvalue weighted by Gasteiger charge is 2.22. The van der Waals surface area contributed by atoms with E-state index in [9.17, 15) is 8.42 Å². The topological polar surface area (TPSA) is 37.4 Å². The Hall–Kier alpha value is -0.0400. The largest absolute Gasteiger partial charge is 0.243 e. The van der Waals surface area contributed by atoms with Gasteiger partial charge < -0.3 is 0 Å². The van der Waals surface area contributed by atoms with E-state index in [1.807, 2.05) is 6.26 Å². The molecule has 90 valence electrons. The highest BCUT2D eigenvalue weighted by molar-refractivity contribution is 9.10. The van der Waals surface area contributed by atoms with E-state index in [0.29, 0.717) is 15.9 Å². The Labute approximate surface area is 109 Å². The summed E-state index contributed by atoms with van der Waals surface area (Å²) in [7, 11) is -1.77. The molecule has 1 rings (SSSR count). The third-order valence-electron chi connectivity index (χ3n) is 2.14. The maximum atomic E-state index is 12.1. The van der Waals surface area contributed by atoms with Gasteiger partial charge in [0, 0.05) is 23.8 Å². The molecule has 0 aliphatic heterocycles. The lowest BCUT2D eigenvalue weighted by molar-refractivity contribution is 0.488. The van der Waals surface area contributed by atoms with Gasteiger partial charge in [0.15, 0.2) is 0 Å². The molecule has 0 aliphatic carbocycles. The van der Waals surface area contributed by atoms with Crippen molar-refractivity contribution in [2.24, 2.45) is 0 Å². The second-order valence-electron chi connectivity index (χ2n) is 3.25. The second kappa shape index (κ2) is 6.05. The Morgan fingerprint density at radius 3 is 2.56 bits per heavy atom. The molecule has 6 heteroatoms. The van der Waals surface area contributed by atoms with Crippen LogP contribution >= 0.6 is 27.7 Å². The van der Waals surface area contributed by atoms with E-state index < -0.39 is 10.0 Å². The van der Waals surface area contributed by atoms with Gasteiger partial charge in [-0.05, 0) is 34.3 Å². The Bertz CT molecular complexity index is 448. The minimum absolute atomic E-state index is 0.318. The standard InChI is InChI=1S/C10H14BrNO2S2/c1-12(7-8-15-2)16(13,14)10-6-4-3-5-9(10)11/h3-6H,7-8H2,1-2H3. The van der Waals surface area contributed by atoms with Crippen LogP contribution in [0.3, 0.4) is 0 Å². The van der Waals surface area contributed by atoms with Crippen LogP contribution in [-0.2, 0) is 10.0 Å². The summed E-state index contributed by atoms with van der Waals surface area (Å²) in [4.78, 5) is 0.318. The van der Waals surface area contributed by atoms with Crippen LogP contribution in [0.25, 0.3) is 0 Å². The third kappa shape index (κ3) is 3.23. The molecular weight excluding hydrogens is 310 g/mol. The maximum Gasteiger partial charge on any atom is 0.243 e. The Balaban J connectivity index is 2.98. The van der Waals surface area contributed by atoms with Crippen LogP contribution in [0.15, 0.2) is 33.6 Å². The summed E-state index contributed by atoms with van der Waals surface area (Å²) in [6.07, 6.45) is 1.96. The molecule has 0 fully saturated rings. The molecule has 0 atom stereocenters. The molecule has 0 aromatic heterocycles. The number of thioether (sulfide) groups is 1. The highest BCUT2D eigenvalue weighted by Crippen LogP contribution is 2.23. The number of benzene rings is 1. The summed E-state index contributed by atoms with van der Waals surface area (Å²) in [6, 6.07) is 6.86. The molecule has 16 heavy (non-hydrogen) atoms. The minimum Gasteiger partial charge on any atom is -0.207 e. The van der Waals surface area contributed by atoms with Gasteiger partial charge in [-0.1, -0.05) is 12.1 Å². The monoisotopic (exact) mass is 323 g/mol. The second-order valence-corrected chi connectivity index (χ2v) is 7.10. The summed E-state index contributed by atoms with van der Waals surface area (Å²) in [5.41, 5.74) is 0. The van der Waals surface area contributed by atoms with Crippen LogP contribution in [0.4, 0.5) is 0 Å². The van der Waals surface area contributed by atoms with Crippen LogP contribution in [0.1, 0.15) is 0 Å². The summed E-state index contributed by atoms with van der Waals surface area (Å²) in [6.45, 7) is 0.519. The van der Waals surface area contributed by atoms with Gasteiger partial charge in [-0.3, -0.25) is 0 Å². The first-order valence-corrected chi connectivity index (χ1v) is 8.32. The fourth-order valence-electron chi connectivity index (χ4n) is 1.16. The SMILES string of the molecule is CSCCN(C)S(=O)(=O)c1ccccc1Br. The maximum absolute atomic E-state index is 12.1. The quantitative estimate of drug-likeness (QED) is 0.835. The summed E-state index contributed by atoms with van der Waals surface area (Å²) >= 11 is 4.89. The minimum atomic E-state index is -3.37. The number of sulfonamides is 1. The Morgan fingerprint density at radius 1 is 1.38 bits per heavy atom. The molecular formula is C10H14BrNO2S2. The van der Waals surface area contributed by atoms with Crippen LogP contribution in [-0.4, -0.2) is 38.3 Å². The Kier molecular flexibility index (Phi) is 5.30. The van der Waals surface area contributed by atoms with Gasteiger partial charge >= 0.3 is 0 Å². The van der Waals surface area contributed by atoms with Gasteiger partial charge in [0.1, 0.15) is 0 Å². The lowest BCUT2D eigenvalue weighted by Crippen LogP contribution is -2.29. The average Bonchev–Trinajstić information content (AvgIpc) is 2.26. The van der Waals surface area contributed by atoms with Crippen molar-refractivity contribution in [1.29, 1.82) is 0 Å². The lowest BCUT2D eigenvalue weighted by Gasteiger charge is -2.17. The summed E-state index contributed by atoms with van der Waals surface area (Å²) in [5.74, 6) is 0.792. The lowest BCUT2D eigenvalue weighted by atomic mass is 10.4. The van der Waals surface area contributed by atoms with Gasteiger partial charge in [-0.15, -0.1) is 0 Å². The molecule has 0 amide bonds. The van der Waals surface area contributed by atoms with E-state index in [-0.39, 0.29) is 0 Å². The van der Waals surface area contributed by atoms with E-state index >= 15 is 0 Å². The predicted octanol–water partition coefficient (Wildman–Crippen LogP) is 2.43.